The Morgan fingerprint density at radius 1 is 1.05 bits per heavy atom. The number of carbonyl (C=O) groups is 2. The van der Waals surface area contributed by atoms with Gasteiger partial charge in [0.05, 0.1) is 22.5 Å². The summed E-state index contributed by atoms with van der Waals surface area (Å²) in [6.45, 7) is 0.869. The van der Waals surface area contributed by atoms with Crippen LogP contribution in [-0.4, -0.2) is 50.0 Å². The lowest BCUT2D eigenvalue weighted by atomic mass is 9.95. The Morgan fingerprint density at radius 2 is 1.68 bits per heavy atom. The Hall–Kier alpha value is -2.50. The largest absolute Gasteiger partial charge is 0.417 e. The number of nitrogens with zero attached hydrogens (tertiary/aromatic N) is 2. The minimum atomic E-state index is -4.84. The van der Waals surface area contributed by atoms with Crippen LogP contribution in [0.4, 0.5) is 18.9 Å². The lowest BCUT2D eigenvalue weighted by Gasteiger charge is -2.34. The molecule has 2 aromatic rings. The molecule has 1 fully saturated rings. The van der Waals surface area contributed by atoms with Gasteiger partial charge in [-0.25, -0.2) is 8.42 Å². The van der Waals surface area contributed by atoms with Crippen LogP contribution < -0.4 is 9.62 Å². The number of carbonyl (C=O) groups excluding carboxylic acids is 2. The van der Waals surface area contributed by atoms with Crippen LogP contribution >= 0.6 is 23.2 Å². The van der Waals surface area contributed by atoms with E-state index in [0.717, 1.165) is 50.5 Å². The second-order valence-corrected chi connectivity index (χ2v) is 12.6. The second-order valence-electron chi connectivity index (χ2n) is 9.85. The summed E-state index contributed by atoms with van der Waals surface area (Å²) >= 11 is 11.7. The van der Waals surface area contributed by atoms with Crippen LogP contribution in [0, 0.1) is 0 Å². The minimum absolute atomic E-state index is 0.0230. The summed E-state index contributed by atoms with van der Waals surface area (Å²) in [6, 6.07) is 8.26. The monoisotopic (exact) mass is 621 g/mol. The summed E-state index contributed by atoms with van der Waals surface area (Å²) in [4.78, 5) is 28.4. The van der Waals surface area contributed by atoms with Crippen molar-refractivity contribution >= 4 is 50.7 Å². The highest BCUT2D eigenvalue weighted by molar-refractivity contribution is 7.92. The van der Waals surface area contributed by atoms with Crippen LogP contribution in [0.5, 0.6) is 0 Å². The quantitative estimate of drug-likeness (QED) is 0.351. The minimum Gasteiger partial charge on any atom is -0.352 e. The molecule has 2 aromatic carbocycles. The Labute approximate surface area is 242 Å². The first-order valence-electron chi connectivity index (χ1n) is 12.9. The number of halogens is 5. The highest BCUT2D eigenvalue weighted by Crippen LogP contribution is 2.37. The Balaban J connectivity index is 1.96. The summed E-state index contributed by atoms with van der Waals surface area (Å²) in [5, 5.41) is 2.88. The molecule has 0 unspecified atom stereocenters. The fourth-order valence-corrected chi connectivity index (χ4v) is 5.94. The molecule has 13 heteroatoms. The molecule has 1 atom stereocenters. The zero-order valence-corrected chi connectivity index (χ0v) is 24.5. The van der Waals surface area contributed by atoms with E-state index in [9.17, 15) is 31.2 Å². The molecule has 2 amide bonds. The first-order chi connectivity index (χ1) is 18.7. The zero-order valence-electron chi connectivity index (χ0n) is 22.2. The van der Waals surface area contributed by atoms with Gasteiger partial charge in [-0.2, -0.15) is 13.2 Å². The van der Waals surface area contributed by atoms with Crippen LogP contribution in [0.1, 0.15) is 56.6 Å². The predicted molar refractivity (Wildman–Crippen MR) is 150 cm³/mol. The third kappa shape index (κ3) is 8.50. The van der Waals surface area contributed by atoms with Crippen LogP contribution in [0.25, 0.3) is 0 Å². The van der Waals surface area contributed by atoms with Gasteiger partial charge < -0.3 is 10.2 Å². The molecule has 1 saturated carbocycles. The van der Waals surface area contributed by atoms with Crippen molar-refractivity contribution in [3.8, 4) is 0 Å². The third-order valence-electron chi connectivity index (χ3n) is 6.83. The van der Waals surface area contributed by atoms with Crippen molar-refractivity contribution in [3.63, 3.8) is 0 Å². The number of benzene rings is 2. The SMILES string of the molecule is CC[C@H](C(=O)NC1CCCCC1)N(Cc1ccc(Cl)cc1)C(=O)CN(c1ccc(Cl)c(C(F)(F)F)c1)S(C)(=O)=O. The van der Waals surface area contributed by atoms with Gasteiger partial charge >= 0.3 is 6.18 Å². The highest BCUT2D eigenvalue weighted by atomic mass is 35.5. The number of hydrogen-bond donors (Lipinski definition) is 1. The molecule has 1 aliphatic rings. The van der Waals surface area contributed by atoms with Crippen molar-refractivity contribution in [3.05, 3.63) is 63.6 Å². The molecule has 220 valence electrons. The van der Waals surface area contributed by atoms with E-state index in [1.54, 1.807) is 31.2 Å². The molecule has 1 N–H and O–H groups in total. The molecule has 40 heavy (non-hydrogen) atoms. The molecule has 0 spiro atoms. The molecule has 0 aromatic heterocycles. The van der Waals surface area contributed by atoms with Crippen molar-refractivity contribution in [2.24, 2.45) is 0 Å². The van der Waals surface area contributed by atoms with Crippen LogP contribution in [0.15, 0.2) is 42.5 Å². The fraction of sp³-hybridized carbons (Fsp3) is 0.481. The van der Waals surface area contributed by atoms with Gasteiger partial charge in [0.25, 0.3) is 0 Å². The number of anilines is 1. The zero-order chi connectivity index (χ0) is 29.7. The molecular weight excluding hydrogens is 590 g/mol. The van der Waals surface area contributed by atoms with Crippen molar-refractivity contribution in [1.29, 1.82) is 0 Å². The van der Waals surface area contributed by atoms with Gasteiger partial charge in [-0.05, 0) is 55.2 Å². The maximum absolute atomic E-state index is 13.8. The summed E-state index contributed by atoms with van der Waals surface area (Å²) in [5.41, 5.74) is -0.971. The average Bonchev–Trinajstić information content (AvgIpc) is 2.88. The number of sulfonamides is 1. The second kappa shape index (κ2) is 13.4. The molecule has 0 bridgehead atoms. The van der Waals surface area contributed by atoms with Crippen LogP contribution in [0.2, 0.25) is 10.0 Å². The van der Waals surface area contributed by atoms with Gasteiger partial charge in [-0.3, -0.25) is 13.9 Å². The van der Waals surface area contributed by atoms with Crippen molar-refractivity contribution in [1.82, 2.24) is 10.2 Å². The number of hydrogen-bond acceptors (Lipinski definition) is 4. The maximum atomic E-state index is 13.8. The van der Waals surface area contributed by atoms with Crippen molar-refractivity contribution < 1.29 is 31.2 Å². The molecule has 0 radical (unpaired) electrons. The van der Waals surface area contributed by atoms with E-state index in [0.29, 0.717) is 21.0 Å². The van der Waals surface area contributed by atoms with E-state index in [4.69, 9.17) is 23.2 Å². The number of amides is 2. The molecule has 7 nitrogen and oxygen atoms in total. The van der Waals surface area contributed by atoms with Gasteiger partial charge in [0.2, 0.25) is 21.8 Å². The molecular formula is C27H32Cl2F3N3O4S. The fourth-order valence-electron chi connectivity index (χ4n) is 4.75. The number of nitrogens with one attached hydrogen (secondary N) is 1. The Bertz CT molecular complexity index is 1300. The van der Waals surface area contributed by atoms with Gasteiger partial charge in [0.1, 0.15) is 12.6 Å². The predicted octanol–water partition coefficient (Wildman–Crippen LogP) is 6.03. The van der Waals surface area contributed by atoms with E-state index in [-0.39, 0.29) is 30.6 Å². The van der Waals surface area contributed by atoms with E-state index in [1.165, 1.54) is 4.90 Å². The van der Waals surface area contributed by atoms with E-state index in [2.05, 4.69) is 5.32 Å². The summed E-state index contributed by atoms with van der Waals surface area (Å²) in [5.74, 6) is -1.12. The van der Waals surface area contributed by atoms with Gasteiger partial charge in [-0.1, -0.05) is 61.5 Å². The number of alkyl halides is 3. The molecule has 3 rings (SSSR count). The van der Waals surface area contributed by atoms with E-state index < -0.39 is 45.3 Å². The lowest BCUT2D eigenvalue weighted by Crippen LogP contribution is -2.53. The van der Waals surface area contributed by atoms with E-state index >= 15 is 0 Å². The summed E-state index contributed by atoms with van der Waals surface area (Å²) in [6.07, 6.45) is 0.895. The van der Waals surface area contributed by atoms with Gasteiger partial charge in [0.15, 0.2) is 0 Å². The Morgan fingerprint density at radius 3 is 2.23 bits per heavy atom. The molecule has 1 aliphatic carbocycles. The summed E-state index contributed by atoms with van der Waals surface area (Å²) in [7, 11) is -4.22. The third-order valence-corrected chi connectivity index (χ3v) is 8.55. The normalized spacial score (nSPS) is 15.4. The molecule has 0 heterocycles. The van der Waals surface area contributed by atoms with Gasteiger partial charge in [0, 0.05) is 17.6 Å². The average molecular weight is 623 g/mol. The van der Waals surface area contributed by atoms with E-state index in [1.807, 2.05) is 0 Å². The lowest BCUT2D eigenvalue weighted by molar-refractivity contribution is -0.140. The number of rotatable bonds is 10. The maximum Gasteiger partial charge on any atom is 0.417 e. The van der Waals surface area contributed by atoms with Crippen LogP contribution in [-0.2, 0) is 32.3 Å². The van der Waals surface area contributed by atoms with Crippen LogP contribution in [0.3, 0.4) is 0 Å². The van der Waals surface area contributed by atoms with Crippen molar-refractivity contribution in [2.45, 2.75) is 70.3 Å². The standard InChI is InChI=1S/C27H32Cl2F3N3O4S/c1-3-24(26(37)33-20-7-5-4-6-8-20)34(16-18-9-11-19(28)12-10-18)25(36)17-35(40(2,38)39)21-13-14-23(29)22(15-21)27(30,31)32/h9-15,20,24H,3-8,16-17H2,1-2H3,(H,33,37)/t24-/m1/s1. The topological polar surface area (TPSA) is 86.8 Å². The molecule has 0 aliphatic heterocycles. The molecule has 0 saturated heterocycles. The van der Waals surface area contributed by atoms with Gasteiger partial charge in [-0.15, -0.1) is 0 Å². The first kappa shape index (κ1) is 32.0. The van der Waals surface area contributed by atoms with Crippen molar-refractivity contribution in [2.75, 3.05) is 17.1 Å². The Kier molecular flexibility index (Phi) is 10.8. The smallest absolute Gasteiger partial charge is 0.352 e. The summed E-state index contributed by atoms with van der Waals surface area (Å²) < 4.78 is 66.5. The first-order valence-corrected chi connectivity index (χ1v) is 15.5. The highest BCUT2D eigenvalue weighted by Gasteiger charge is 2.36.